The van der Waals surface area contributed by atoms with E-state index in [0.29, 0.717) is 24.9 Å². The first-order valence-corrected chi connectivity index (χ1v) is 9.47. The molecule has 27 heavy (non-hydrogen) atoms. The molecule has 0 unspecified atom stereocenters. The molecule has 3 aromatic rings. The van der Waals surface area contributed by atoms with Crippen molar-refractivity contribution in [3.8, 4) is 0 Å². The predicted molar refractivity (Wildman–Crippen MR) is 105 cm³/mol. The molecule has 0 saturated heterocycles. The van der Waals surface area contributed by atoms with Crippen LogP contribution in [0.15, 0.2) is 48.5 Å². The van der Waals surface area contributed by atoms with Gasteiger partial charge in [-0.25, -0.2) is 4.98 Å². The molecule has 0 N–H and O–H groups in total. The highest BCUT2D eigenvalue weighted by atomic mass is 32.1. The molecule has 0 bridgehead atoms. The number of anilines is 1. The Balaban J connectivity index is 1.76. The summed E-state index contributed by atoms with van der Waals surface area (Å²) in [5, 5.41) is 0.615. The number of thiazole rings is 1. The van der Waals surface area contributed by atoms with Gasteiger partial charge in [0.15, 0.2) is 5.13 Å². The highest BCUT2D eigenvalue weighted by Gasteiger charge is 2.27. The van der Waals surface area contributed by atoms with E-state index in [1.54, 1.807) is 11.1 Å². The zero-order valence-corrected chi connectivity index (χ0v) is 16.0. The van der Waals surface area contributed by atoms with Crippen LogP contribution in [0.3, 0.4) is 0 Å². The zero-order chi connectivity index (χ0) is 18.8. The molecule has 0 spiro atoms. The summed E-state index contributed by atoms with van der Waals surface area (Å²) in [4.78, 5) is 23.8. The van der Waals surface area contributed by atoms with Crippen LogP contribution in [-0.2, 0) is 20.8 Å². The molecule has 0 fully saturated rings. The molecule has 138 valence electrons. The van der Waals surface area contributed by atoms with Crippen LogP contribution < -0.4 is 4.90 Å². The maximum absolute atomic E-state index is 13.1. The Hall–Kier alpha value is -2.93. The average molecular weight is 381 g/mol. The number of amides is 1. The van der Waals surface area contributed by atoms with Gasteiger partial charge in [0.1, 0.15) is 19.5 Å². The van der Waals surface area contributed by atoms with E-state index in [-0.39, 0.29) is 11.7 Å². The van der Waals surface area contributed by atoms with E-state index in [0.717, 1.165) is 21.5 Å². The summed E-state index contributed by atoms with van der Waals surface area (Å²) < 4.78 is 11.8. The van der Waals surface area contributed by atoms with Crippen LogP contribution in [0.25, 0.3) is 10.2 Å². The molecule has 1 amide bonds. The second-order valence-electron chi connectivity index (χ2n) is 6.34. The molecule has 2 aromatic heterocycles. The van der Waals surface area contributed by atoms with E-state index in [4.69, 9.17) is 14.5 Å². The Labute approximate surface area is 161 Å². The van der Waals surface area contributed by atoms with Crippen molar-refractivity contribution in [3.05, 3.63) is 65.4 Å². The molecule has 1 aliphatic rings. The van der Waals surface area contributed by atoms with Crippen molar-refractivity contribution in [2.75, 3.05) is 18.1 Å². The van der Waals surface area contributed by atoms with E-state index in [1.807, 2.05) is 25.1 Å². The van der Waals surface area contributed by atoms with Gasteiger partial charge in [-0.1, -0.05) is 23.5 Å². The van der Waals surface area contributed by atoms with E-state index in [1.165, 1.54) is 23.2 Å². The maximum atomic E-state index is 13.1. The van der Waals surface area contributed by atoms with Crippen LogP contribution in [0.1, 0.15) is 16.8 Å². The van der Waals surface area contributed by atoms with E-state index in [2.05, 4.69) is 24.0 Å². The minimum atomic E-state index is -0.284. The average Bonchev–Trinajstić information content (AvgIpc) is 3.11. The molecule has 0 saturated carbocycles. The van der Waals surface area contributed by atoms with E-state index < -0.39 is 0 Å². The Kier molecular flexibility index (Phi) is 4.77. The molecule has 3 heterocycles. The Bertz CT molecular complexity index is 1010. The molecule has 0 aliphatic carbocycles. The summed E-state index contributed by atoms with van der Waals surface area (Å²) in [6.45, 7) is 5.19. The second kappa shape index (κ2) is 7.36. The normalized spacial score (nSPS) is 13.6. The number of carbonyl (C=O) groups is 1. The van der Waals surface area contributed by atoms with Crippen molar-refractivity contribution in [2.45, 2.75) is 20.4 Å². The lowest BCUT2D eigenvalue weighted by molar-refractivity contribution is -0.120. The lowest BCUT2D eigenvalue weighted by atomic mass is 10.1. The minimum Gasteiger partial charge on any atom is -0.494 e. The molecular weight excluding hydrogens is 362 g/mol. The number of aromatic nitrogens is 2. The molecule has 0 radical (unpaired) electrons. The molecular formula is C20H19N3O3S. The molecule has 1 aromatic carbocycles. The van der Waals surface area contributed by atoms with Gasteiger partial charge in [-0.3, -0.25) is 14.7 Å². The van der Waals surface area contributed by atoms with Crippen LogP contribution in [0.4, 0.5) is 5.13 Å². The van der Waals surface area contributed by atoms with Crippen molar-refractivity contribution in [1.82, 2.24) is 9.97 Å². The number of pyridine rings is 1. The number of fused-ring (bicyclic) bond motifs is 1. The van der Waals surface area contributed by atoms with Gasteiger partial charge in [0.2, 0.25) is 5.76 Å². The quantitative estimate of drug-likeness (QED) is 0.689. The Morgan fingerprint density at radius 3 is 2.89 bits per heavy atom. The van der Waals surface area contributed by atoms with Crippen LogP contribution >= 0.6 is 11.3 Å². The minimum absolute atomic E-state index is 0.185. The lowest BCUT2D eigenvalue weighted by Crippen LogP contribution is -2.34. The van der Waals surface area contributed by atoms with Gasteiger partial charge < -0.3 is 9.47 Å². The van der Waals surface area contributed by atoms with Gasteiger partial charge in [0, 0.05) is 6.20 Å². The van der Waals surface area contributed by atoms with Crippen LogP contribution in [0.5, 0.6) is 0 Å². The van der Waals surface area contributed by atoms with Crippen molar-refractivity contribution in [3.63, 3.8) is 0 Å². The third-order valence-electron chi connectivity index (χ3n) is 4.20. The number of benzene rings is 1. The number of rotatable bonds is 4. The molecule has 6 nitrogen and oxygen atoms in total. The van der Waals surface area contributed by atoms with Gasteiger partial charge in [0.25, 0.3) is 5.91 Å². The molecule has 1 aliphatic heterocycles. The summed E-state index contributed by atoms with van der Waals surface area (Å²) in [5.41, 5.74) is 3.95. The van der Waals surface area contributed by atoms with Crippen molar-refractivity contribution in [1.29, 1.82) is 0 Å². The summed E-state index contributed by atoms with van der Waals surface area (Å²) >= 11 is 1.49. The molecule has 4 rings (SSSR count). The maximum Gasteiger partial charge on any atom is 0.298 e. The lowest BCUT2D eigenvalue weighted by Gasteiger charge is -2.22. The fourth-order valence-corrected chi connectivity index (χ4v) is 4.11. The van der Waals surface area contributed by atoms with Gasteiger partial charge >= 0.3 is 0 Å². The van der Waals surface area contributed by atoms with Crippen molar-refractivity contribution < 1.29 is 14.3 Å². The second-order valence-corrected chi connectivity index (χ2v) is 7.35. The fourth-order valence-electron chi connectivity index (χ4n) is 2.97. The van der Waals surface area contributed by atoms with Crippen LogP contribution in [0, 0.1) is 13.8 Å². The Morgan fingerprint density at radius 1 is 1.26 bits per heavy atom. The smallest absolute Gasteiger partial charge is 0.298 e. The van der Waals surface area contributed by atoms with E-state index in [9.17, 15) is 4.79 Å². The number of hydrogen-bond donors (Lipinski definition) is 0. The zero-order valence-electron chi connectivity index (χ0n) is 15.1. The third kappa shape index (κ3) is 3.64. The molecule has 0 atom stereocenters. The predicted octanol–water partition coefficient (Wildman–Crippen LogP) is 3.73. The SMILES string of the molecule is Cc1cc(C)c2nc(N(Cc3ccccn3)C(=O)C3=COCCO3)sc2c1. The monoisotopic (exact) mass is 381 g/mol. The first-order valence-electron chi connectivity index (χ1n) is 8.66. The number of aryl methyl sites for hydroxylation is 2. The van der Waals surface area contributed by atoms with Gasteiger partial charge in [-0.05, 0) is 43.2 Å². The van der Waals surface area contributed by atoms with Gasteiger partial charge in [0.05, 0.1) is 22.5 Å². The highest BCUT2D eigenvalue weighted by Crippen LogP contribution is 2.33. The number of nitrogens with zero attached hydrogens (tertiary/aromatic N) is 3. The number of ether oxygens (including phenoxy) is 2. The van der Waals surface area contributed by atoms with Gasteiger partial charge in [-0.15, -0.1) is 0 Å². The van der Waals surface area contributed by atoms with Crippen molar-refractivity contribution in [2.24, 2.45) is 0 Å². The van der Waals surface area contributed by atoms with Crippen LogP contribution in [0.2, 0.25) is 0 Å². The number of hydrogen-bond acceptors (Lipinski definition) is 6. The summed E-state index contributed by atoms with van der Waals surface area (Å²) in [5.74, 6) is -0.0990. The third-order valence-corrected chi connectivity index (χ3v) is 5.23. The standard InChI is InChI=1S/C20H19N3O3S/c1-13-9-14(2)18-17(10-13)27-20(22-18)23(11-15-5-3-4-6-21-15)19(24)16-12-25-7-8-26-16/h3-6,9-10,12H,7-8,11H2,1-2H3. The highest BCUT2D eigenvalue weighted by molar-refractivity contribution is 7.22. The summed E-state index contributed by atoms with van der Waals surface area (Å²) in [7, 11) is 0. The fraction of sp³-hybridized carbons (Fsp3) is 0.250. The number of carbonyl (C=O) groups excluding carboxylic acids is 1. The first kappa shape index (κ1) is 17.5. The molecule has 7 heteroatoms. The largest absolute Gasteiger partial charge is 0.494 e. The first-order chi connectivity index (χ1) is 13.1. The van der Waals surface area contributed by atoms with E-state index >= 15 is 0 Å². The topological polar surface area (TPSA) is 64.6 Å². The van der Waals surface area contributed by atoms with Gasteiger partial charge in [-0.2, -0.15) is 0 Å². The Morgan fingerprint density at radius 2 is 2.15 bits per heavy atom. The summed E-state index contributed by atoms with van der Waals surface area (Å²) in [6, 6.07) is 9.82. The summed E-state index contributed by atoms with van der Waals surface area (Å²) in [6.07, 6.45) is 3.09. The van der Waals surface area contributed by atoms with Crippen molar-refractivity contribution >= 4 is 32.6 Å². The van der Waals surface area contributed by atoms with Crippen LogP contribution in [-0.4, -0.2) is 29.1 Å².